The van der Waals surface area contributed by atoms with Gasteiger partial charge in [0, 0.05) is 19.5 Å². The minimum atomic E-state index is -4.97. The van der Waals surface area contributed by atoms with Crippen LogP contribution in [0.2, 0.25) is 0 Å². The van der Waals surface area contributed by atoms with E-state index in [2.05, 4.69) is 35.8 Å². The molecule has 0 aromatic heterocycles. The van der Waals surface area contributed by atoms with Gasteiger partial charge in [-0.1, -0.05) is 12.1 Å². The molecule has 5 atom stereocenters. The van der Waals surface area contributed by atoms with Gasteiger partial charge in [0.05, 0.1) is 13.2 Å². The summed E-state index contributed by atoms with van der Waals surface area (Å²) in [4.78, 5) is 90.0. The molecule has 5 amide bonds. The van der Waals surface area contributed by atoms with Crippen molar-refractivity contribution in [1.29, 1.82) is 0 Å². The van der Waals surface area contributed by atoms with Gasteiger partial charge in [-0.3, -0.25) is 38.5 Å². The summed E-state index contributed by atoms with van der Waals surface area (Å²) in [5.74, 6) is -5.33. The zero-order valence-electron chi connectivity index (χ0n) is 27.5. The quantitative estimate of drug-likeness (QED) is 0.0214. The Bertz CT molecular complexity index is 1430. The molecule has 1 rings (SSSR count). The van der Waals surface area contributed by atoms with Crippen molar-refractivity contribution in [3.05, 3.63) is 29.8 Å². The van der Waals surface area contributed by atoms with Gasteiger partial charge in [-0.2, -0.15) is 0 Å². The van der Waals surface area contributed by atoms with E-state index in [1.165, 1.54) is 24.3 Å². The largest absolute Gasteiger partial charge is 0.508 e. The molecular formula is C27H47N12O11P. The van der Waals surface area contributed by atoms with E-state index in [9.17, 15) is 38.8 Å². The molecule has 0 saturated heterocycles. The Labute approximate surface area is 292 Å². The van der Waals surface area contributed by atoms with Crippen molar-refractivity contribution < 1.29 is 53.1 Å². The number of nitrogens with zero attached hydrogens (tertiary/aromatic N) is 2. The first-order chi connectivity index (χ1) is 23.8. The number of rotatable bonds is 23. The van der Waals surface area contributed by atoms with Gasteiger partial charge < -0.3 is 75.7 Å². The second-order valence-electron chi connectivity index (χ2n) is 11.0. The number of hydrogen-bond acceptors (Lipinski definition) is 12. The first-order valence-corrected chi connectivity index (χ1v) is 16.8. The van der Waals surface area contributed by atoms with Crippen molar-refractivity contribution in [2.24, 2.45) is 44.4 Å². The van der Waals surface area contributed by atoms with Gasteiger partial charge in [-0.15, -0.1) is 0 Å². The van der Waals surface area contributed by atoms with E-state index in [1.807, 2.05) is 0 Å². The number of phosphoric acid groups is 1. The van der Waals surface area contributed by atoms with Crippen LogP contribution in [0, 0.1) is 0 Å². The SMILES string of the molecule is NC(=O)[C@H](Cc1ccc(O)cc1)NC(=O)[C@H](CCCN=C(N)N)NC(=O)[C@H](CO)NC(=O)[C@H](CCCN=C(N)N)NC(=O)[C@@H](N)COP(=O)(O)O. The molecule has 1 aromatic carbocycles. The van der Waals surface area contributed by atoms with Crippen molar-refractivity contribution in [2.75, 3.05) is 26.3 Å². The van der Waals surface area contributed by atoms with Crippen LogP contribution in [0.15, 0.2) is 34.3 Å². The Balaban J connectivity index is 3.15. The molecule has 0 fully saturated rings. The molecule has 24 heteroatoms. The number of benzene rings is 1. The Morgan fingerprint density at radius 2 is 1.16 bits per heavy atom. The van der Waals surface area contributed by atoms with E-state index in [4.69, 9.17) is 44.2 Å². The minimum absolute atomic E-state index is 0.0228. The van der Waals surface area contributed by atoms with E-state index in [0.29, 0.717) is 5.56 Å². The number of guanidine groups is 2. The van der Waals surface area contributed by atoms with Crippen LogP contribution in [0.5, 0.6) is 5.75 Å². The number of aliphatic imine (C=N–C) groups is 2. The lowest BCUT2D eigenvalue weighted by atomic mass is 10.0. The number of nitrogens with one attached hydrogen (secondary N) is 4. The summed E-state index contributed by atoms with van der Waals surface area (Å²) >= 11 is 0. The molecule has 1 aromatic rings. The smallest absolute Gasteiger partial charge is 0.469 e. The molecule has 0 radical (unpaired) electrons. The maximum atomic E-state index is 13.3. The molecule has 286 valence electrons. The summed E-state index contributed by atoms with van der Waals surface area (Å²) in [5, 5.41) is 28.9. The third-order valence-electron chi connectivity index (χ3n) is 6.77. The van der Waals surface area contributed by atoms with E-state index in [-0.39, 0.29) is 62.9 Å². The first kappa shape index (κ1) is 44.0. The van der Waals surface area contributed by atoms with Crippen LogP contribution in [0.4, 0.5) is 0 Å². The highest BCUT2D eigenvalue weighted by atomic mass is 31.2. The summed E-state index contributed by atoms with van der Waals surface area (Å²) in [6.45, 7) is -1.81. The number of aliphatic hydroxyl groups excluding tert-OH is 1. The number of phenolic OH excluding ortho intramolecular Hbond substituents is 1. The predicted molar refractivity (Wildman–Crippen MR) is 182 cm³/mol. The summed E-state index contributed by atoms with van der Waals surface area (Å²) in [6, 6.07) is -1.56. The standard InChI is InChI=1S/C27H47N12O11P/c28-16(13-50-51(47,48)49)22(43)36-17(3-1-9-34-26(30)31)24(45)39-20(12-40)25(46)37-18(4-2-10-35-27(32)33)23(44)38-19(21(29)42)11-14-5-7-15(41)8-6-14/h5-8,16-20,40-41H,1-4,9-13,28H2,(H2,29,42)(H,36,43)(H,37,46)(H,38,44)(H,39,45)(H4,30,31,34)(H4,32,33,35)(H2,47,48,49)/t16-,17-,18-,19-,20-/m0/s1. The van der Waals surface area contributed by atoms with Crippen molar-refractivity contribution >= 4 is 49.3 Å². The average molecular weight is 747 g/mol. The number of nitrogens with two attached hydrogens (primary N) is 6. The Hall–Kier alpha value is -5.06. The molecule has 23 nitrogen and oxygen atoms in total. The van der Waals surface area contributed by atoms with Gasteiger partial charge in [-0.05, 0) is 43.4 Å². The zero-order valence-corrected chi connectivity index (χ0v) is 28.4. The van der Waals surface area contributed by atoms with E-state index >= 15 is 0 Å². The molecule has 0 aliphatic carbocycles. The normalized spacial score (nSPS) is 14.0. The fourth-order valence-electron chi connectivity index (χ4n) is 4.18. The van der Waals surface area contributed by atoms with Crippen LogP contribution in [-0.4, -0.2) is 118 Å². The summed E-state index contributed by atoms with van der Waals surface area (Å²) in [5.41, 5.74) is 33.0. The van der Waals surface area contributed by atoms with Crippen LogP contribution < -0.4 is 55.7 Å². The molecular weight excluding hydrogens is 699 g/mol. The fourth-order valence-corrected chi connectivity index (χ4v) is 4.53. The number of hydrogen-bond donors (Lipinski definition) is 14. The number of phenols is 1. The number of phosphoric ester groups is 1. The van der Waals surface area contributed by atoms with Crippen molar-refractivity contribution in [3.63, 3.8) is 0 Å². The topological polar surface area (TPSA) is 422 Å². The summed E-state index contributed by atoms with van der Waals surface area (Å²) in [7, 11) is -4.97. The Morgan fingerprint density at radius 3 is 1.59 bits per heavy atom. The number of aromatic hydroxyl groups is 1. The van der Waals surface area contributed by atoms with Gasteiger partial charge in [0.25, 0.3) is 0 Å². The molecule has 0 saturated carbocycles. The molecule has 0 heterocycles. The van der Waals surface area contributed by atoms with E-state index in [1.54, 1.807) is 0 Å². The Morgan fingerprint density at radius 1 is 0.725 bits per heavy atom. The predicted octanol–water partition coefficient (Wildman–Crippen LogP) is -6.10. The zero-order chi connectivity index (χ0) is 38.7. The molecule has 0 unspecified atom stereocenters. The first-order valence-electron chi connectivity index (χ1n) is 15.3. The molecule has 0 bridgehead atoms. The lowest BCUT2D eigenvalue weighted by Crippen LogP contribution is -2.59. The average Bonchev–Trinajstić information content (AvgIpc) is 3.04. The summed E-state index contributed by atoms with van der Waals surface area (Å²) < 4.78 is 15.2. The molecule has 51 heavy (non-hydrogen) atoms. The maximum absolute atomic E-state index is 13.3. The van der Waals surface area contributed by atoms with Gasteiger partial charge in [-0.25, -0.2) is 4.57 Å². The highest BCUT2D eigenvalue weighted by molar-refractivity contribution is 7.46. The third kappa shape index (κ3) is 18.5. The number of carbonyl (C=O) groups excluding carboxylic acids is 5. The van der Waals surface area contributed by atoms with Gasteiger partial charge in [0.2, 0.25) is 29.5 Å². The van der Waals surface area contributed by atoms with Gasteiger partial charge >= 0.3 is 7.82 Å². The van der Waals surface area contributed by atoms with Crippen LogP contribution in [0.25, 0.3) is 0 Å². The summed E-state index contributed by atoms with van der Waals surface area (Å²) in [6.07, 6.45) is -0.00331. The Kier molecular flexibility index (Phi) is 18.9. The van der Waals surface area contributed by atoms with Crippen LogP contribution in [-0.2, 0) is 39.5 Å². The number of amides is 5. The van der Waals surface area contributed by atoms with Crippen molar-refractivity contribution in [2.45, 2.75) is 62.3 Å². The number of carbonyl (C=O) groups is 5. The lowest BCUT2D eigenvalue weighted by Gasteiger charge is -2.26. The number of aliphatic hydroxyl groups is 1. The monoisotopic (exact) mass is 746 g/mol. The molecule has 0 aliphatic heterocycles. The second kappa shape index (κ2) is 21.9. The van der Waals surface area contributed by atoms with Crippen LogP contribution in [0.3, 0.4) is 0 Å². The minimum Gasteiger partial charge on any atom is -0.508 e. The lowest BCUT2D eigenvalue weighted by molar-refractivity contribution is -0.135. The van der Waals surface area contributed by atoms with Crippen LogP contribution in [0.1, 0.15) is 31.2 Å². The van der Waals surface area contributed by atoms with Crippen molar-refractivity contribution in [3.8, 4) is 5.75 Å². The van der Waals surface area contributed by atoms with E-state index in [0.717, 1.165) is 0 Å². The van der Waals surface area contributed by atoms with Crippen LogP contribution >= 0.6 is 7.82 Å². The fraction of sp³-hybridized carbons (Fsp3) is 0.519. The van der Waals surface area contributed by atoms with Gasteiger partial charge in [0.15, 0.2) is 11.9 Å². The third-order valence-corrected chi connectivity index (χ3v) is 7.25. The van der Waals surface area contributed by atoms with Gasteiger partial charge in [0.1, 0.15) is 36.0 Å². The highest BCUT2D eigenvalue weighted by Gasteiger charge is 2.31. The van der Waals surface area contributed by atoms with Crippen molar-refractivity contribution in [1.82, 2.24) is 21.3 Å². The van der Waals surface area contributed by atoms with E-state index < -0.39 is 80.8 Å². The molecule has 0 aliphatic rings. The molecule has 0 spiro atoms. The number of primary amides is 1. The molecule has 20 N–H and O–H groups in total. The highest BCUT2D eigenvalue weighted by Crippen LogP contribution is 2.35. The second-order valence-corrected chi connectivity index (χ2v) is 12.2. The maximum Gasteiger partial charge on any atom is 0.469 e.